The molecular formula is C11H11BrF2N2O4. The van der Waals surface area contributed by atoms with Crippen LogP contribution in [-0.4, -0.2) is 51.1 Å². The van der Waals surface area contributed by atoms with E-state index in [0.717, 1.165) is 4.90 Å². The topological polar surface area (TPSA) is 82.0 Å². The highest BCUT2D eigenvalue weighted by Gasteiger charge is 2.88. The maximum absolute atomic E-state index is 14.6. The largest absolute Gasteiger partial charge is 0.390 e. The minimum atomic E-state index is -2.94. The number of hydrogen-bond acceptors (Lipinski definition) is 4. The van der Waals surface area contributed by atoms with Crippen molar-refractivity contribution in [3.8, 4) is 0 Å². The lowest BCUT2D eigenvalue weighted by Crippen LogP contribution is -2.50. The zero-order chi connectivity index (χ0) is 14.9. The van der Waals surface area contributed by atoms with E-state index in [0.29, 0.717) is 4.48 Å². The molecule has 3 aliphatic rings. The number of aliphatic hydroxyl groups excluding tert-OH is 2. The van der Waals surface area contributed by atoms with Gasteiger partial charge in [-0.25, -0.2) is 13.6 Å². The van der Waals surface area contributed by atoms with Crippen molar-refractivity contribution in [2.75, 3.05) is 6.61 Å². The number of carbonyl (C=O) groups excluding carboxylic acids is 1. The van der Waals surface area contributed by atoms with Gasteiger partial charge in [-0.2, -0.15) is 0 Å². The summed E-state index contributed by atoms with van der Waals surface area (Å²) in [6.45, 7) is 2.33. The van der Waals surface area contributed by atoms with Crippen molar-refractivity contribution in [2.45, 2.75) is 29.8 Å². The van der Waals surface area contributed by atoms with Crippen molar-refractivity contribution in [3.05, 3.63) is 23.0 Å². The predicted octanol–water partition coefficient (Wildman–Crippen LogP) is 0.619. The number of aliphatic hydroxyl groups is 2. The van der Waals surface area contributed by atoms with Crippen LogP contribution < -0.4 is 5.32 Å². The second kappa shape index (κ2) is 3.79. The zero-order valence-electron chi connectivity index (χ0n) is 10.1. The fourth-order valence-electron chi connectivity index (χ4n) is 2.63. The van der Waals surface area contributed by atoms with E-state index in [4.69, 9.17) is 9.84 Å². The van der Waals surface area contributed by atoms with E-state index < -0.39 is 36.0 Å². The molecule has 20 heavy (non-hydrogen) atoms. The summed E-state index contributed by atoms with van der Waals surface area (Å²) in [6.07, 6.45) is -1.35. The number of rotatable bonds is 2. The molecule has 3 N–H and O–H groups in total. The smallest absolute Gasteiger partial charge is 0.328 e. The Labute approximate surface area is 120 Å². The minimum Gasteiger partial charge on any atom is -0.390 e. The summed E-state index contributed by atoms with van der Waals surface area (Å²) >= 11 is 3.11. The van der Waals surface area contributed by atoms with Gasteiger partial charge in [0.15, 0.2) is 17.5 Å². The van der Waals surface area contributed by atoms with Gasteiger partial charge < -0.3 is 20.3 Å². The standard InChI is InChI=1S/C11H11BrF2N2O4/c1-5-6(12)2-16(8(19)15-5)11-3-9(11,13)7(18)10(14,4-17)20-11/h2,7,17-18H,1,3-4H2,(H,15,19)/t7-,9+,10+,11+/m0/s1. The third kappa shape index (κ3) is 1.43. The molecule has 1 saturated heterocycles. The Hall–Kier alpha value is -1.03. The Bertz CT molecular complexity index is 559. The van der Waals surface area contributed by atoms with Crippen molar-refractivity contribution in [2.24, 2.45) is 0 Å². The predicted molar refractivity (Wildman–Crippen MR) is 65.7 cm³/mol. The fraction of sp³-hybridized carbons (Fsp3) is 0.545. The highest BCUT2D eigenvalue weighted by atomic mass is 79.9. The molecule has 2 amide bonds. The number of carbonyl (C=O) groups is 1. The van der Waals surface area contributed by atoms with Crippen LogP contribution in [0.2, 0.25) is 0 Å². The Morgan fingerprint density at radius 3 is 2.85 bits per heavy atom. The molecule has 9 heteroatoms. The van der Waals surface area contributed by atoms with Gasteiger partial charge in [0, 0.05) is 12.6 Å². The van der Waals surface area contributed by atoms with Crippen LogP contribution in [0.25, 0.3) is 0 Å². The number of hydrogen-bond donors (Lipinski definition) is 3. The molecule has 6 nitrogen and oxygen atoms in total. The molecule has 2 heterocycles. The Balaban J connectivity index is 2.00. The fourth-order valence-corrected chi connectivity index (χ4v) is 2.94. The SMILES string of the molecule is C=C1NC(=O)N([C@@]23C[C@@]2(F)[C@H](O)[C@@](F)(CO)O3)C=C1Br. The molecule has 3 rings (SSSR count). The number of nitrogens with zero attached hydrogens (tertiary/aromatic N) is 1. The first kappa shape index (κ1) is 13.9. The summed E-state index contributed by atoms with van der Waals surface area (Å²) in [5, 5.41) is 21.0. The van der Waals surface area contributed by atoms with Crippen molar-refractivity contribution < 1.29 is 28.5 Å². The van der Waals surface area contributed by atoms with Gasteiger partial charge in [0.25, 0.3) is 5.85 Å². The minimum absolute atomic E-state index is 0.264. The number of amides is 2. The summed E-state index contributed by atoms with van der Waals surface area (Å²) in [6, 6.07) is -0.757. The summed E-state index contributed by atoms with van der Waals surface area (Å²) in [5.74, 6) is -2.94. The van der Waals surface area contributed by atoms with Crippen LogP contribution in [0.3, 0.4) is 0 Å². The maximum Gasteiger partial charge on any atom is 0.328 e. The van der Waals surface area contributed by atoms with Crippen molar-refractivity contribution in [1.29, 1.82) is 0 Å². The normalized spacial score (nSPS) is 47.0. The second-order valence-corrected chi connectivity index (χ2v) is 5.88. The van der Waals surface area contributed by atoms with Crippen molar-refractivity contribution >= 4 is 22.0 Å². The average Bonchev–Trinajstić information content (AvgIpc) is 2.94. The summed E-state index contributed by atoms with van der Waals surface area (Å²) in [7, 11) is 0. The molecule has 0 spiro atoms. The highest BCUT2D eigenvalue weighted by Crippen LogP contribution is 2.67. The molecule has 2 fully saturated rings. The lowest BCUT2D eigenvalue weighted by atomic mass is 10.1. The molecule has 0 unspecified atom stereocenters. The first-order chi connectivity index (χ1) is 9.20. The molecule has 0 aromatic heterocycles. The summed E-state index contributed by atoms with van der Waals surface area (Å²) in [5.41, 5.74) is -4.17. The first-order valence-electron chi connectivity index (χ1n) is 5.74. The molecule has 1 saturated carbocycles. The molecular weight excluding hydrogens is 342 g/mol. The van der Waals surface area contributed by atoms with E-state index in [1.807, 2.05) is 0 Å². The van der Waals surface area contributed by atoms with Crippen LogP contribution in [0, 0.1) is 0 Å². The van der Waals surface area contributed by atoms with E-state index >= 15 is 0 Å². The molecule has 110 valence electrons. The lowest BCUT2D eigenvalue weighted by molar-refractivity contribution is -0.236. The zero-order valence-corrected chi connectivity index (χ0v) is 11.7. The molecule has 1 aliphatic carbocycles. The van der Waals surface area contributed by atoms with E-state index in [-0.39, 0.29) is 12.1 Å². The van der Waals surface area contributed by atoms with E-state index in [1.165, 1.54) is 6.20 Å². The van der Waals surface area contributed by atoms with Gasteiger partial charge >= 0.3 is 6.03 Å². The summed E-state index contributed by atoms with van der Waals surface area (Å²) in [4.78, 5) is 12.7. The van der Waals surface area contributed by atoms with Gasteiger partial charge in [0.05, 0.1) is 10.2 Å². The number of alkyl halides is 2. The third-order valence-electron chi connectivity index (χ3n) is 3.81. The quantitative estimate of drug-likeness (QED) is 0.680. The molecule has 4 atom stereocenters. The highest BCUT2D eigenvalue weighted by molar-refractivity contribution is 9.12. The van der Waals surface area contributed by atoms with Gasteiger partial charge in [0.1, 0.15) is 6.61 Å². The molecule has 2 aliphatic heterocycles. The Morgan fingerprint density at radius 1 is 1.65 bits per heavy atom. The van der Waals surface area contributed by atoms with E-state index in [2.05, 4.69) is 27.8 Å². The number of nitrogens with one attached hydrogen (secondary N) is 1. The molecule has 0 aromatic carbocycles. The van der Waals surface area contributed by atoms with Crippen LogP contribution in [0.15, 0.2) is 23.0 Å². The number of fused-ring (bicyclic) bond motifs is 1. The van der Waals surface area contributed by atoms with Crippen molar-refractivity contribution in [3.63, 3.8) is 0 Å². The van der Waals surface area contributed by atoms with Gasteiger partial charge in [-0.1, -0.05) is 6.58 Å². The van der Waals surface area contributed by atoms with Crippen LogP contribution in [0.5, 0.6) is 0 Å². The maximum atomic E-state index is 14.6. The lowest BCUT2D eigenvalue weighted by Gasteiger charge is -2.33. The van der Waals surface area contributed by atoms with E-state index in [9.17, 15) is 18.7 Å². The van der Waals surface area contributed by atoms with Gasteiger partial charge in [-0.3, -0.25) is 4.90 Å². The van der Waals surface area contributed by atoms with E-state index in [1.54, 1.807) is 0 Å². The number of ether oxygens (including phenoxy) is 1. The Kier molecular flexibility index (Phi) is 2.64. The van der Waals surface area contributed by atoms with Crippen LogP contribution in [0.4, 0.5) is 13.6 Å². The monoisotopic (exact) mass is 352 g/mol. The molecule has 0 radical (unpaired) electrons. The van der Waals surface area contributed by atoms with Gasteiger partial charge in [0.2, 0.25) is 0 Å². The number of urea groups is 1. The number of halogens is 3. The van der Waals surface area contributed by atoms with Crippen LogP contribution in [-0.2, 0) is 4.74 Å². The Morgan fingerprint density at radius 2 is 2.30 bits per heavy atom. The molecule has 0 aromatic rings. The number of allylic oxidation sites excluding steroid dienone is 1. The summed E-state index contributed by atoms with van der Waals surface area (Å²) < 4.78 is 33.9. The van der Waals surface area contributed by atoms with Crippen LogP contribution >= 0.6 is 15.9 Å². The first-order valence-corrected chi connectivity index (χ1v) is 6.53. The van der Waals surface area contributed by atoms with Crippen LogP contribution in [0.1, 0.15) is 6.42 Å². The second-order valence-electron chi connectivity index (χ2n) is 5.03. The van der Waals surface area contributed by atoms with Crippen molar-refractivity contribution in [1.82, 2.24) is 10.2 Å². The molecule has 0 bridgehead atoms. The van der Waals surface area contributed by atoms with Gasteiger partial charge in [-0.05, 0) is 15.9 Å². The average molecular weight is 353 g/mol. The van der Waals surface area contributed by atoms with Gasteiger partial charge in [-0.15, -0.1) is 0 Å². The third-order valence-corrected chi connectivity index (χ3v) is 4.50.